The monoisotopic (exact) mass is 493 g/mol. The zero-order valence-electron chi connectivity index (χ0n) is 17.0. The van der Waals surface area contributed by atoms with Crippen LogP contribution in [-0.2, 0) is 15.8 Å². The van der Waals surface area contributed by atoms with Crippen molar-refractivity contribution in [2.45, 2.75) is 18.7 Å². The van der Waals surface area contributed by atoms with E-state index in [0.717, 1.165) is 24.4 Å². The van der Waals surface area contributed by atoms with Crippen LogP contribution in [0.4, 0.5) is 17.6 Å². The van der Waals surface area contributed by atoms with Crippen molar-refractivity contribution >= 4 is 23.4 Å². The van der Waals surface area contributed by atoms with Gasteiger partial charge in [0.2, 0.25) is 0 Å². The predicted molar refractivity (Wildman–Crippen MR) is 108 cm³/mol. The molecule has 2 rings (SSSR count). The number of aromatic nitrogens is 1. The van der Waals surface area contributed by atoms with Gasteiger partial charge in [-0.3, -0.25) is 9.59 Å². The molecule has 0 radical (unpaired) electrons. The van der Waals surface area contributed by atoms with E-state index < -0.39 is 48.8 Å². The van der Waals surface area contributed by atoms with Crippen LogP contribution in [0.5, 0.6) is 11.5 Å². The molecule has 0 aliphatic heterocycles. The molecule has 3 N–H and O–H groups in total. The molecule has 13 heteroatoms. The van der Waals surface area contributed by atoms with E-state index in [-0.39, 0.29) is 36.0 Å². The van der Waals surface area contributed by atoms with Gasteiger partial charge in [0, 0.05) is 19.2 Å². The maximum Gasteiger partial charge on any atom is 0.433 e. The molecule has 33 heavy (non-hydrogen) atoms. The van der Waals surface area contributed by atoms with Crippen molar-refractivity contribution in [1.29, 1.82) is 0 Å². The van der Waals surface area contributed by atoms with Gasteiger partial charge < -0.3 is 25.2 Å². The first-order valence-electron chi connectivity index (χ1n) is 9.50. The summed E-state index contributed by atoms with van der Waals surface area (Å²) in [5, 5.41) is 14.7. The number of amides is 2. The highest BCUT2D eigenvalue weighted by Crippen LogP contribution is 2.28. The van der Waals surface area contributed by atoms with E-state index in [1.165, 1.54) is 12.1 Å². The number of nitrogens with zero attached hydrogens (tertiary/aromatic N) is 1. The highest BCUT2D eigenvalue weighted by molar-refractivity contribution is 6.30. The van der Waals surface area contributed by atoms with Crippen LogP contribution in [0.15, 0.2) is 36.5 Å². The Bertz CT molecular complexity index is 944. The number of carbonyl (C=O) groups is 2. The number of alkyl halides is 3. The van der Waals surface area contributed by atoms with E-state index in [0.29, 0.717) is 0 Å². The fourth-order valence-electron chi connectivity index (χ4n) is 2.31. The van der Waals surface area contributed by atoms with E-state index in [1.807, 2.05) is 0 Å². The van der Waals surface area contributed by atoms with Gasteiger partial charge in [0.05, 0.1) is 17.3 Å². The highest BCUT2D eigenvalue weighted by Gasteiger charge is 2.32. The predicted octanol–water partition coefficient (Wildman–Crippen LogP) is 2.33. The van der Waals surface area contributed by atoms with Gasteiger partial charge >= 0.3 is 6.18 Å². The lowest BCUT2D eigenvalue weighted by molar-refractivity contribution is -0.141. The minimum Gasteiger partial charge on any atom is -0.484 e. The van der Waals surface area contributed by atoms with Gasteiger partial charge in [-0.15, -0.1) is 0 Å². The fraction of sp³-hybridized carbons (Fsp3) is 0.350. The number of carbonyl (C=O) groups excluding carboxylic acids is 2. The van der Waals surface area contributed by atoms with Gasteiger partial charge in [0.15, 0.2) is 13.2 Å². The Morgan fingerprint density at radius 1 is 1.06 bits per heavy atom. The van der Waals surface area contributed by atoms with Crippen LogP contribution in [0.25, 0.3) is 0 Å². The van der Waals surface area contributed by atoms with Crippen molar-refractivity contribution in [2.75, 3.05) is 26.3 Å². The van der Waals surface area contributed by atoms with Crippen molar-refractivity contribution in [3.63, 3.8) is 0 Å². The van der Waals surface area contributed by atoms with Crippen molar-refractivity contribution in [2.24, 2.45) is 0 Å². The second kappa shape index (κ2) is 12.2. The lowest BCUT2D eigenvalue weighted by Crippen LogP contribution is -2.37. The summed E-state index contributed by atoms with van der Waals surface area (Å²) in [6.07, 6.45) is -4.58. The summed E-state index contributed by atoms with van der Waals surface area (Å²) in [5.41, 5.74) is -1.08. The third kappa shape index (κ3) is 9.49. The SMILES string of the molecule is O=C(COc1ccc(C(F)(F)F)nc1)NCC[C@H](O)CNC(=O)COc1ccc(Cl)c(F)c1. The Morgan fingerprint density at radius 3 is 2.30 bits per heavy atom. The fourth-order valence-corrected chi connectivity index (χ4v) is 2.43. The molecule has 0 saturated carbocycles. The molecule has 0 bridgehead atoms. The molecule has 8 nitrogen and oxygen atoms in total. The molecule has 0 saturated heterocycles. The minimum absolute atomic E-state index is 0.00976. The Kier molecular flexibility index (Phi) is 9.67. The van der Waals surface area contributed by atoms with Gasteiger partial charge in [-0.05, 0) is 30.7 Å². The molecule has 1 atom stereocenters. The molecule has 2 aromatic rings. The average Bonchev–Trinajstić information content (AvgIpc) is 2.76. The molecule has 0 aliphatic rings. The molecular formula is C20H20ClF4N3O5. The van der Waals surface area contributed by atoms with Crippen LogP contribution in [0, 0.1) is 5.82 Å². The summed E-state index contributed by atoms with van der Waals surface area (Å²) in [6, 6.07) is 5.49. The van der Waals surface area contributed by atoms with E-state index in [9.17, 15) is 32.3 Å². The molecule has 1 aromatic carbocycles. The van der Waals surface area contributed by atoms with Crippen molar-refractivity contribution in [3.05, 3.63) is 53.1 Å². The van der Waals surface area contributed by atoms with Crippen molar-refractivity contribution < 1.29 is 41.7 Å². The van der Waals surface area contributed by atoms with Gasteiger partial charge in [0.1, 0.15) is 23.0 Å². The van der Waals surface area contributed by atoms with Crippen LogP contribution >= 0.6 is 11.6 Å². The van der Waals surface area contributed by atoms with Crippen LogP contribution in [0.1, 0.15) is 12.1 Å². The first-order valence-corrected chi connectivity index (χ1v) is 9.87. The van der Waals surface area contributed by atoms with Crippen LogP contribution < -0.4 is 20.1 Å². The first kappa shape index (κ1) is 26.1. The summed E-state index contributed by atoms with van der Waals surface area (Å²) >= 11 is 5.55. The number of hydrogen-bond donors (Lipinski definition) is 3. The number of ether oxygens (including phenoxy) is 2. The lowest BCUT2D eigenvalue weighted by Gasteiger charge is -2.13. The minimum atomic E-state index is -4.57. The number of aliphatic hydroxyl groups excluding tert-OH is 1. The molecule has 0 spiro atoms. The maximum atomic E-state index is 13.3. The number of pyridine rings is 1. The number of rotatable bonds is 11. The zero-order chi connectivity index (χ0) is 24.4. The van der Waals surface area contributed by atoms with Crippen LogP contribution in [0.2, 0.25) is 5.02 Å². The first-order chi connectivity index (χ1) is 15.5. The Hall–Kier alpha value is -3.12. The van der Waals surface area contributed by atoms with Gasteiger partial charge in [0.25, 0.3) is 11.8 Å². The number of aliphatic hydroxyl groups is 1. The number of nitrogens with one attached hydrogen (secondary N) is 2. The summed E-state index contributed by atoms with van der Waals surface area (Å²) < 4.78 is 60.8. The van der Waals surface area contributed by atoms with E-state index in [2.05, 4.69) is 15.6 Å². The van der Waals surface area contributed by atoms with Crippen molar-refractivity contribution in [3.8, 4) is 11.5 Å². The standard InChI is InChI=1S/C20H20ClF4N3O5/c21-15-3-1-13(7-16(15)22)32-11-19(31)28-8-12(29)5-6-26-18(30)10-33-14-2-4-17(27-9-14)20(23,24)25/h1-4,7,9,12,29H,5-6,8,10-11H2,(H,26,30)(H,28,31)/t12-/m0/s1. The second-order valence-electron chi connectivity index (χ2n) is 6.63. The van der Waals surface area contributed by atoms with Crippen LogP contribution in [0.3, 0.4) is 0 Å². The molecule has 0 unspecified atom stereocenters. The summed E-state index contributed by atoms with van der Waals surface area (Å²) in [5.74, 6) is -1.69. The summed E-state index contributed by atoms with van der Waals surface area (Å²) in [6.45, 7) is -0.908. The lowest BCUT2D eigenvalue weighted by atomic mass is 10.2. The molecule has 1 heterocycles. The van der Waals surface area contributed by atoms with E-state index >= 15 is 0 Å². The maximum absolute atomic E-state index is 13.3. The van der Waals surface area contributed by atoms with E-state index in [1.54, 1.807) is 0 Å². The quantitative estimate of drug-likeness (QED) is 0.415. The topological polar surface area (TPSA) is 110 Å². The smallest absolute Gasteiger partial charge is 0.433 e. The number of halogens is 5. The molecule has 0 aliphatic carbocycles. The van der Waals surface area contributed by atoms with Gasteiger partial charge in [-0.25, -0.2) is 9.37 Å². The zero-order valence-corrected chi connectivity index (χ0v) is 17.8. The second-order valence-corrected chi connectivity index (χ2v) is 7.03. The molecule has 180 valence electrons. The molecular weight excluding hydrogens is 474 g/mol. The third-order valence-electron chi connectivity index (χ3n) is 3.99. The Balaban J connectivity index is 1.58. The number of benzene rings is 1. The molecule has 1 aromatic heterocycles. The highest BCUT2D eigenvalue weighted by atomic mass is 35.5. The normalized spacial score (nSPS) is 12.1. The summed E-state index contributed by atoms with van der Waals surface area (Å²) in [7, 11) is 0. The van der Waals surface area contributed by atoms with Crippen molar-refractivity contribution in [1.82, 2.24) is 15.6 Å². The largest absolute Gasteiger partial charge is 0.484 e. The van der Waals surface area contributed by atoms with E-state index in [4.69, 9.17) is 21.1 Å². The number of hydrogen-bond acceptors (Lipinski definition) is 6. The van der Waals surface area contributed by atoms with Crippen LogP contribution in [-0.4, -0.2) is 54.3 Å². The van der Waals surface area contributed by atoms with Gasteiger partial charge in [-0.2, -0.15) is 13.2 Å². The summed E-state index contributed by atoms with van der Waals surface area (Å²) in [4.78, 5) is 26.7. The Morgan fingerprint density at radius 2 is 1.70 bits per heavy atom. The average molecular weight is 494 g/mol. The third-order valence-corrected chi connectivity index (χ3v) is 4.30. The molecule has 2 amide bonds. The molecule has 0 fully saturated rings. The van der Waals surface area contributed by atoms with Gasteiger partial charge in [-0.1, -0.05) is 11.6 Å². The Labute approximate surface area is 190 Å².